The van der Waals surface area contributed by atoms with Gasteiger partial charge in [-0.2, -0.15) is 5.26 Å². The first-order valence-electron chi connectivity index (χ1n) is 9.27. The van der Waals surface area contributed by atoms with Crippen molar-refractivity contribution >= 4 is 38.6 Å². The fourth-order valence-electron chi connectivity index (χ4n) is 3.12. The number of fused-ring (bicyclic) bond motifs is 1. The van der Waals surface area contributed by atoms with E-state index in [0.717, 1.165) is 15.6 Å². The number of rotatable bonds is 5. The summed E-state index contributed by atoms with van der Waals surface area (Å²) < 4.78 is 20.1. The van der Waals surface area contributed by atoms with Crippen LogP contribution in [0.2, 0.25) is 0 Å². The number of hydrogen-bond acceptors (Lipinski definition) is 3. The molecule has 0 radical (unpaired) electrons. The second-order valence-corrected chi connectivity index (χ2v) is 7.74. The molecule has 1 heterocycles. The molecule has 0 spiro atoms. The van der Waals surface area contributed by atoms with Crippen LogP contribution in [0.25, 0.3) is 22.7 Å². The fraction of sp³-hybridized carbons (Fsp3) is 0.0833. The minimum Gasteiger partial charge on any atom is -0.488 e. The van der Waals surface area contributed by atoms with Gasteiger partial charge in [0.15, 0.2) is 0 Å². The number of benzene rings is 3. The number of halogens is 2. The normalized spacial score (nSPS) is 11.5. The first-order chi connectivity index (χ1) is 14.5. The van der Waals surface area contributed by atoms with Gasteiger partial charge in [-0.15, -0.1) is 0 Å². The number of nitriles is 1. The molecule has 0 saturated heterocycles. The predicted molar refractivity (Wildman–Crippen MR) is 119 cm³/mol. The number of H-pyrrole nitrogens is 1. The van der Waals surface area contributed by atoms with Crippen molar-refractivity contribution in [2.24, 2.45) is 0 Å². The molecule has 1 N–H and O–H groups in total. The van der Waals surface area contributed by atoms with E-state index in [1.807, 2.05) is 43.3 Å². The predicted octanol–water partition coefficient (Wildman–Crippen LogP) is 6.42. The van der Waals surface area contributed by atoms with E-state index < -0.39 is 0 Å². The van der Waals surface area contributed by atoms with E-state index in [0.29, 0.717) is 34.8 Å². The Morgan fingerprint density at radius 2 is 2.07 bits per heavy atom. The summed E-state index contributed by atoms with van der Waals surface area (Å²) in [5.41, 5.74) is 4.60. The summed E-state index contributed by atoms with van der Waals surface area (Å²) >= 11 is 3.54. The zero-order valence-corrected chi connectivity index (χ0v) is 17.7. The first-order valence-corrected chi connectivity index (χ1v) is 10.1. The molecule has 0 fully saturated rings. The number of aromatic nitrogens is 2. The standard InChI is InChI=1S/C24H17BrFN3O/c1-15-3-2-4-17(9-15)14-30-23-8-5-16(11-20(23)25)10-18(13-27)24-28-21-7-6-19(26)12-22(21)29-24/h2-12H,14H2,1H3,(H,28,29)/b18-10-. The second-order valence-electron chi connectivity index (χ2n) is 6.88. The largest absolute Gasteiger partial charge is 0.488 e. The van der Waals surface area contributed by atoms with Crippen LogP contribution in [0.15, 0.2) is 65.1 Å². The van der Waals surface area contributed by atoms with Crippen molar-refractivity contribution in [1.29, 1.82) is 5.26 Å². The maximum absolute atomic E-state index is 13.4. The van der Waals surface area contributed by atoms with Gasteiger partial charge < -0.3 is 9.72 Å². The molecule has 0 unspecified atom stereocenters. The van der Waals surface area contributed by atoms with Crippen LogP contribution in [-0.4, -0.2) is 9.97 Å². The van der Waals surface area contributed by atoms with Crippen LogP contribution >= 0.6 is 15.9 Å². The van der Waals surface area contributed by atoms with E-state index in [-0.39, 0.29) is 5.82 Å². The minimum atomic E-state index is -0.356. The highest BCUT2D eigenvalue weighted by atomic mass is 79.9. The average molecular weight is 462 g/mol. The lowest BCUT2D eigenvalue weighted by Gasteiger charge is -2.09. The van der Waals surface area contributed by atoms with Gasteiger partial charge in [0.1, 0.15) is 30.1 Å². The molecule has 0 aliphatic rings. The molecule has 0 aliphatic carbocycles. The van der Waals surface area contributed by atoms with Gasteiger partial charge >= 0.3 is 0 Å². The van der Waals surface area contributed by atoms with Crippen LogP contribution in [0, 0.1) is 24.1 Å². The molecule has 6 heteroatoms. The minimum absolute atomic E-state index is 0.354. The van der Waals surface area contributed by atoms with Crippen molar-refractivity contribution in [3.63, 3.8) is 0 Å². The molecule has 3 aromatic carbocycles. The molecule has 0 atom stereocenters. The maximum Gasteiger partial charge on any atom is 0.149 e. The molecular weight excluding hydrogens is 445 g/mol. The van der Waals surface area contributed by atoms with Crippen molar-refractivity contribution in [2.75, 3.05) is 0 Å². The lowest BCUT2D eigenvalue weighted by atomic mass is 10.1. The molecule has 4 nitrogen and oxygen atoms in total. The van der Waals surface area contributed by atoms with Gasteiger partial charge in [0, 0.05) is 0 Å². The van der Waals surface area contributed by atoms with Crippen molar-refractivity contribution < 1.29 is 9.13 Å². The van der Waals surface area contributed by atoms with Gasteiger partial charge in [-0.1, -0.05) is 35.9 Å². The Morgan fingerprint density at radius 3 is 2.83 bits per heavy atom. The summed E-state index contributed by atoms with van der Waals surface area (Å²) in [7, 11) is 0. The summed E-state index contributed by atoms with van der Waals surface area (Å²) in [6.07, 6.45) is 1.73. The summed E-state index contributed by atoms with van der Waals surface area (Å²) in [4.78, 5) is 7.38. The number of aryl methyl sites for hydroxylation is 1. The van der Waals surface area contributed by atoms with E-state index >= 15 is 0 Å². The van der Waals surface area contributed by atoms with Crippen molar-refractivity contribution in [1.82, 2.24) is 9.97 Å². The lowest BCUT2D eigenvalue weighted by Crippen LogP contribution is -1.96. The molecular formula is C24H17BrFN3O. The number of allylic oxidation sites excluding steroid dienone is 1. The zero-order chi connectivity index (χ0) is 21.1. The molecule has 0 bridgehead atoms. The summed E-state index contributed by atoms with van der Waals surface area (Å²) in [6.45, 7) is 2.51. The molecule has 0 aliphatic heterocycles. The van der Waals surface area contributed by atoms with E-state index in [4.69, 9.17) is 4.74 Å². The number of ether oxygens (including phenoxy) is 1. The fourth-order valence-corrected chi connectivity index (χ4v) is 3.63. The van der Waals surface area contributed by atoms with Crippen molar-refractivity contribution in [3.8, 4) is 11.8 Å². The molecule has 0 saturated carbocycles. The Labute approximate surface area is 181 Å². The highest BCUT2D eigenvalue weighted by molar-refractivity contribution is 9.10. The third-order valence-electron chi connectivity index (χ3n) is 4.56. The SMILES string of the molecule is Cc1cccc(COc2ccc(/C=C(/C#N)c3nc4ccc(F)cc4[nH]3)cc2Br)c1. The quantitative estimate of drug-likeness (QED) is 0.349. The summed E-state index contributed by atoms with van der Waals surface area (Å²) in [6, 6.07) is 20.2. The van der Waals surface area contributed by atoms with Crippen LogP contribution in [-0.2, 0) is 6.61 Å². The second kappa shape index (κ2) is 8.52. The molecule has 1 aromatic heterocycles. The third-order valence-corrected chi connectivity index (χ3v) is 5.18. The molecule has 0 amide bonds. The van der Waals surface area contributed by atoms with Crippen LogP contribution in [0.5, 0.6) is 5.75 Å². The van der Waals surface area contributed by atoms with Gasteiger partial charge in [-0.05, 0) is 70.4 Å². The maximum atomic E-state index is 13.4. The molecule has 30 heavy (non-hydrogen) atoms. The van der Waals surface area contributed by atoms with Gasteiger partial charge in [0.25, 0.3) is 0 Å². The van der Waals surface area contributed by atoms with Crippen molar-refractivity contribution in [2.45, 2.75) is 13.5 Å². The van der Waals surface area contributed by atoms with Crippen LogP contribution in [0.4, 0.5) is 4.39 Å². The van der Waals surface area contributed by atoms with E-state index in [1.54, 1.807) is 12.1 Å². The van der Waals surface area contributed by atoms with Crippen molar-refractivity contribution in [3.05, 3.63) is 93.5 Å². The van der Waals surface area contributed by atoms with Gasteiger partial charge in [0.2, 0.25) is 0 Å². The smallest absolute Gasteiger partial charge is 0.149 e. The molecule has 148 valence electrons. The Balaban J connectivity index is 1.56. The van der Waals surface area contributed by atoms with Crippen LogP contribution < -0.4 is 4.74 Å². The van der Waals surface area contributed by atoms with E-state index in [1.165, 1.54) is 17.7 Å². The van der Waals surface area contributed by atoms with Crippen LogP contribution in [0.3, 0.4) is 0 Å². The van der Waals surface area contributed by atoms with Crippen LogP contribution in [0.1, 0.15) is 22.5 Å². The van der Waals surface area contributed by atoms with Gasteiger partial charge in [-0.3, -0.25) is 0 Å². The zero-order valence-electron chi connectivity index (χ0n) is 16.1. The summed E-state index contributed by atoms with van der Waals surface area (Å²) in [5.74, 6) is 0.755. The number of aromatic amines is 1. The topological polar surface area (TPSA) is 61.7 Å². The third kappa shape index (κ3) is 4.42. The highest BCUT2D eigenvalue weighted by Crippen LogP contribution is 2.29. The highest BCUT2D eigenvalue weighted by Gasteiger charge is 2.10. The Morgan fingerprint density at radius 1 is 1.20 bits per heavy atom. The monoisotopic (exact) mass is 461 g/mol. The Bertz CT molecular complexity index is 1300. The molecule has 4 rings (SSSR count). The average Bonchev–Trinajstić information content (AvgIpc) is 3.14. The number of nitrogens with zero attached hydrogens (tertiary/aromatic N) is 2. The number of hydrogen-bond donors (Lipinski definition) is 1. The summed E-state index contributed by atoms with van der Waals surface area (Å²) in [5, 5.41) is 9.59. The Kier molecular flexibility index (Phi) is 5.64. The first kappa shape index (κ1) is 19.9. The van der Waals surface area contributed by atoms with Gasteiger partial charge in [-0.25, -0.2) is 9.37 Å². The van der Waals surface area contributed by atoms with E-state index in [2.05, 4.69) is 38.0 Å². The lowest BCUT2D eigenvalue weighted by molar-refractivity contribution is 0.304. The van der Waals surface area contributed by atoms with Gasteiger partial charge in [0.05, 0.1) is 21.1 Å². The number of imidazole rings is 1. The Hall–Kier alpha value is -3.43. The molecule has 4 aromatic rings. The number of nitrogens with one attached hydrogen (secondary N) is 1. The van der Waals surface area contributed by atoms with E-state index in [9.17, 15) is 9.65 Å².